The largest absolute Gasteiger partial charge is 0.381 e. The normalized spacial score (nSPS) is 18.8. The number of ether oxygens (including phenoxy) is 1. The molecule has 0 bridgehead atoms. The van der Waals surface area contributed by atoms with Gasteiger partial charge in [-0.2, -0.15) is 0 Å². The van der Waals surface area contributed by atoms with Crippen LogP contribution >= 0.6 is 11.3 Å². The standard InChI is InChI=1S/C15H24N2O2S/c1-14(2,12-4-3-9-20-12)11-17-13(18)15(10-16)5-7-19-8-6-15/h3-4,9H,5-8,10-11,16H2,1-2H3,(H,17,18). The highest BCUT2D eigenvalue weighted by Crippen LogP contribution is 2.31. The molecule has 2 rings (SSSR count). The third kappa shape index (κ3) is 3.22. The van der Waals surface area contributed by atoms with Crippen LogP contribution in [0.2, 0.25) is 0 Å². The second-order valence-corrected chi connectivity index (χ2v) is 7.09. The minimum absolute atomic E-state index is 0.0508. The average molecular weight is 296 g/mol. The molecule has 112 valence electrons. The van der Waals surface area contributed by atoms with Gasteiger partial charge in [0.1, 0.15) is 0 Å². The van der Waals surface area contributed by atoms with Crippen LogP contribution in [-0.2, 0) is 14.9 Å². The lowest BCUT2D eigenvalue weighted by atomic mass is 9.79. The molecular formula is C15H24N2O2S. The van der Waals surface area contributed by atoms with E-state index >= 15 is 0 Å². The number of thiophene rings is 1. The van der Waals surface area contributed by atoms with Gasteiger partial charge in [-0.1, -0.05) is 19.9 Å². The van der Waals surface area contributed by atoms with Gasteiger partial charge in [-0.25, -0.2) is 0 Å². The van der Waals surface area contributed by atoms with Gasteiger partial charge in [0.2, 0.25) is 5.91 Å². The molecule has 0 saturated carbocycles. The summed E-state index contributed by atoms with van der Waals surface area (Å²) in [6.07, 6.45) is 1.43. The fourth-order valence-corrected chi connectivity index (χ4v) is 3.38. The van der Waals surface area contributed by atoms with E-state index in [1.165, 1.54) is 4.88 Å². The van der Waals surface area contributed by atoms with Crippen molar-refractivity contribution in [3.05, 3.63) is 22.4 Å². The summed E-state index contributed by atoms with van der Waals surface area (Å²) in [5.74, 6) is 0.0768. The van der Waals surface area contributed by atoms with Crippen molar-refractivity contribution in [3.8, 4) is 0 Å². The van der Waals surface area contributed by atoms with Gasteiger partial charge < -0.3 is 15.8 Å². The number of hydrogen-bond acceptors (Lipinski definition) is 4. The quantitative estimate of drug-likeness (QED) is 0.872. The highest BCUT2D eigenvalue weighted by Gasteiger charge is 2.39. The van der Waals surface area contributed by atoms with Crippen LogP contribution in [0.3, 0.4) is 0 Å². The van der Waals surface area contributed by atoms with E-state index in [1.807, 2.05) is 6.07 Å². The molecule has 1 fully saturated rings. The summed E-state index contributed by atoms with van der Waals surface area (Å²) in [5, 5.41) is 5.17. The number of amides is 1. The van der Waals surface area contributed by atoms with Crippen molar-refractivity contribution in [1.82, 2.24) is 5.32 Å². The van der Waals surface area contributed by atoms with Crippen LogP contribution in [0.1, 0.15) is 31.6 Å². The van der Waals surface area contributed by atoms with Crippen LogP contribution < -0.4 is 11.1 Å². The third-order valence-electron chi connectivity index (χ3n) is 4.20. The first kappa shape index (κ1) is 15.5. The third-order valence-corrected chi connectivity index (χ3v) is 5.44. The van der Waals surface area contributed by atoms with E-state index in [-0.39, 0.29) is 11.3 Å². The molecule has 0 spiro atoms. The zero-order valence-corrected chi connectivity index (χ0v) is 13.1. The molecule has 1 aromatic rings. The van der Waals surface area contributed by atoms with E-state index in [4.69, 9.17) is 10.5 Å². The molecule has 3 N–H and O–H groups in total. The Bertz CT molecular complexity index is 437. The molecule has 0 unspecified atom stereocenters. The molecular weight excluding hydrogens is 272 g/mol. The SMILES string of the molecule is CC(C)(CNC(=O)C1(CN)CCOCC1)c1cccs1. The summed E-state index contributed by atoms with van der Waals surface area (Å²) in [4.78, 5) is 13.8. The van der Waals surface area contributed by atoms with Crippen LogP contribution in [0.4, 0.5) is 0 Å². The lowest BCUT2D eigenvalue weighted by molar-refractivity contribution is -0.136. The Morgan fingerprint density at radius 1 is 1.50 bits per heavy atom. The van der Waals surface area contributed by atoms with Crippen LogP contribution in [0, 0.1) is 5.41 Å². The average Bonchev–Trinajstić information content (AvgIpc) is 3.00. The Hall–Kier alpha value is -0.910. The molecule has 0 atom stereocenters. The van der Waals surface area contributed by atoms with E-state index in [9.17, 15) is 4.79 Å². The fourth-order valence-electron chi connectivity index (χ4n) is 2.53. The zero-order valence-electron chi connectivity index (χ0n) is 12.3. The summed E-state index contributed by atoms with van der Waals surface area (Å²) in [6.45, 7) is 6.57. The molecule has 5 heteroatoms. The first-order chi connectivity index (χ1) is 9.50. The molecule has 2 heterocycles. The second kappa shape index (κ2) is 6.24. The van der Waals surface area contributed by atoms with E-state index in [2.05, 4.69) is 30.6 Å². The van der Waals surface area contributed by atoms with Crippen molar-refractivity contribution in [2.75, 3.05) is 26.3 Å². The number of nitrogens with one attached hydrogen (secondary N) is 1. The van der Waals surface area contributed by atoms with Crippen molar-refractivity contribution in [3.63, 3.8) is 0 Å². The van der Waals surface area contributed by atoms with Crippen LogP contribution in [0.5, 0.6) is 0 Å². The van der Waals surface area contributed by atoms with E-state index in [0.717, 1.165) is 12.8 Å². The second-order valence-electron chi connectivity index (χ2n) is 6.14. The summed E-state index contributed by atoms with van der Waals surface area (Å²) >= 11 is 1.73. The lowest BCUT2D eigenvalue weighted by Crippen LogP contribution is -2.51. The molecule has 1 aromatic heterocycles. The summed E-state index contributed by atoms with van der Waals surface area (Å²) < 4.78 is 5.35. The maximum Gasteiger partial charge on any atom is 0.227 e. The Morgan fingerprint density at radius 2 is 2.20 bits per heavy atom. The molecule has 0 aliphatic carbocycles. The molecule has 0 radical (unpaired) electrons. The molecule has 1 amide bonds. The van der Waals surface area contributed by atoms with Gasteiger partial charge in [0.25, 0.3) is 0 Å². The van der Waals surface area contributed by atoms with Crippen LogP contribution in [0.15, 0.2) is 17.5 Å². The first-order valence-electron chi connectivity index (χ1n) is 7.10. The number of rotatable bonds is 5. The highest BCUT2D eigenvalue weighted by atomic mass is 32.1. The number of nitrogens with two attached hydrogens (primary N) is 1. The maximum atomic E-state index is 12.5. The van der Waals surface area contributed by atoms with Gasteiger partial charge in [0.15, 0.2) is 0 Å². The van der Waals surface area contributed by atoms with E-state index in [0.29, 0.717) is 26.3 Å². The van der Waals surface area contributed by atoms with Gasteiger partial charge in [0, 0.05) is 36.6 Å². The van der Waals surface area contributed by atoms with Crippen LogP contribution in [0.25, 0.3) is 0 Å². The van der Waals surface area contributed by atoms with Crippen molar-refractivity contribution in [1.29, 1.82) is 0 Å². The summed E-state index contributed by atoms with van der Waals surface area (Å²) in [5.41, 5.74) is 5.37. The number of hydrogen-bond donors (Lipinski definition) is 2. The minimum Gasteiger partial charge on any atom is -0.381 e. The first-order valence-corrected chi connectivity index (χ1v) is 7.98. The van der Waals surface area contributed by atoms with E-state index in [1.54, 1.807) is 11.3 Å². The molecule has 4 nitrogen and oxygen atoms in total. The smallest absolute Gasteiger partial charge is 0.227 e. The van der Waals surface area contributed by atoms with E-state index < -0.39 is 5.41 Å². The number of carbonyl (C=O) groups is 1. The van der Waals surface area contributed by atoms with Crippen molar-refractivity contribution in [2.45, 2.75) is 32.1 Å². The Kier molecular flexibility index (Phi) is 4.83. The fraction of sp³-hybridized carbons (Fsp3) is 0.667. The van der Waals surface area contributed by atoms with Gasteiger partial charge >= 0.3 is 0 Å². The zero-order chi connectivity index (χ0) is 14.6. The van der Waals surface area contributed by atoms with Crippen molar-refractivity contribution in [2.24, 2.45) is 11.1 Å². The molecule has 20 heavy (non-hydrogen) atoms. The molecule has 1 saturated heterocycles. The predicted molar refractivity (Wildman–Crippen MR) is 81.9 cm³/mol. The Labute approximate surface area is 124 Å². The lowest BCUT2D eigenvalue weighted by Gasteiger charge is -2.35. The van der Waals surface area contributed by atoms with Crippen LogP contribution in [-0.4, -0.2) is 32.2 Å². The summed E-state index contributed by atoms with van der Waals surface area (Å²) in [6, 6.07) is 4.16. The van der Waals surface area contributed by atoms with Gasteiger partial charge in [-0.05, 0) is 24.3 Å². The van der Waals surface area contributed by atoms with Gasteiger partial charge in [0.05, 0.1) is 5.41 Å². The van der Waals surface area contributed by atoms with Crippen molar-refractivity contribution < 1.29 is 9.53 Å². The monoisotopic (exact) mass is 296 g/mol. The van der Waals surface area contributed by atoms with Gasteiger partial charge in [-0.15, -0.1) is 11.3 Å². The van der Waals surface area contributed by atoms with Crippen molar-refractivity contribution >= 4 is 17.2 Å². The Morgan fingerprint density at radius 3 is 2.75 bits per heavy atom. The highest BCUT2D eigenvalue weighted by molar-refractivity contribution is 7.10. The predicted octanol–water partition coefficient (Wildman–Crippen LogP) is 1.90. The maximum absolute atomic E-state index is 12.5. The number of carbonyl (C=O) groups excluding carboxylic acids is 1. The molecule has 0 aromatic carbocycles. The topological polar surface area (TPSA) is 64.4 Å². The molecule has 1 aliphatic rings. The van der Waals surface area contributed by atoms with Gasteiger partial charge in [-0.3, -0.25) is 4.79 Å². The Balaban J connectivity index is 1.97. The summed E-state index contributed by atoms with van der Waals surface area (Å²) in [7, 11) is 0. The minimum atomic E-state index is -0.441. The molecule has 1 aliphatic heterocycles.